The number of nitrogens with zero attached hydrogens (tertiary/aromatic N) is 1. The highest BCUT2D eigenvalue weighted by Gasteiger charge is 2.07. The van der Waals surface area contributed by atoms with Crippen molar-refractivity contribution in [2.75, 3.05) is 20.1 Å². The Balaban J connectivity index is 3.61. The van der Waals surface area contributed by atoms with Crippen LogP contribution >= 0.6 is 0 Å². The largest absolute Gasteiger partial charge is 0.370 e. The van der Waals surface area contributed by atoms with Crippen LogP contribution < -0.4 is 11.1 Å². The molecule has 0 aliphatic heterocycles. The summed E-state index contributed by atoms with van der Waals surface area (Å²) >= 11 is 0. The number of hydrogen-bond acceptors (Lipinski definition) is 3. The average molecular weight is 457 g/mol. The van der Waals surface area contributed by atoms with E-state index in [1.807, 2.05) is 0 Å². The van der Waals surface area contributed by atoms with Crippen molar-refractivity contribution in [1.82, 2.24) is 10.2 Å². The van der Waals surface area contributed by atoms with E-state index in [2.05, 4.69) is 73.0 Å². The summed E-state index contributed by atoms with van der Waals surface area (Å²) in [6.45, 7) is 2.78. The summed E-state index contributed by atoms with van der Waals surface area (Å²) in [5.74, 6) is -0.0832. The first-order chi connectivity index (χ1) is 16.0. The molecule has 0 rings (SSSR count). The predicted molar refractivity (Wildman–Crippen MR) is 140 cm³/mol. The van der Waals surface area contributed by atoms with Gasteiger partial charge in [-0.25, -0.2) is 0 Å². The second-order valence-corrected chi connectivity index (χ2v) is 7.83. The third kappa shape index (κ3) is 22.1. The van der Waals surface area contributed by atoms with Gasteiger partial charge in [-0.05, 0) is 51.4 Å². The van der Waals surface area contributed by atoms with Crippen molar-refractivity contribution in [2.24, 2.45) is 5.73 Å². The van der Waals surface area contributed by atoms with Gasteiger partial charge in [-0.1, -0.05) is 67.7 Å². The van der Waals surface area contributed by atoms with Crippen molar-refractivity contribution in [1.29, 1.82) is 5.41 Å². The van der Waals surface area contributed by atoms with Gasteiger partial charge >= 0.3 is 0 Å². The molecule has 0 aliphatic rings. The molecule has 0 atom stereocenters. The molecule has 184 valence electrons. The average Bonchev–Trinajstić information content (AvgIpc) is 2.78. The number of amides is 1. The fourth-order valence-corrected chi connectivity index (χ4v) is 2.78. The third-order valence-electron chi connectivity index (χ3n) is 4.71. The highest BCUT2D eigenvalue weighted by molar-refractivity contribution is 5.85. The van der Waals surface area contributed by atoms with Crippen molar-refractivity contribution >= 4 is 17.6 Å². The predicted octanol–water partition coefficient (Wildman–Crippen LogP) is 5.20. The molecule has 1 amide bonds. The van der Waals surface area contributed by atoms with E-state index in [1.54, 1.807) is 7.05 Å². The van der Waals surface area contributed by atoms with Crippen LogP contribution in [-0.4, -0.2) is 42.7 Å². The van der Waals surface area contributed by atoms with Gasteiger partial charge in [0.05, 0.1) is 6.54 Å². The Bertz CT molecular complexity index is 690. The van der Waals surface area contributed by atoms with E-state index in [0.717, 1.165) is 44.9 Å². The minimum atomic E-state index is -0.121. The van der Waals surface area contributed by atoms with E-state index in [0.29, 0.717) is 25.8 Å². The zero-order valence-corrected chi connectivity index (χ0v) is 20.6. The quantitative estimate of drug-likeness (QED) is 0.108. The minimum Gasteiger partial charge on any atom is -0.370 e. The number of Topliss-reactive ketones (excluding diaryl/α,β-unsaturated/α-hetero) is 1. The van der Waals surface area contributed by atoms with Gasteiger partial charge in [-0.3, -0.25) is 15.0 Å². The van der Waals surface area contributed by atoms with Crippen LogP contribution in [-0.2, 0) is 9.59 Å². The van der Waals surface area contributed by atoms with Crippen molar-refractivity contribution < 1.29 is 9.59 Å². The minimum absolute atomic E-state index is 0.0142. The van der Waals surface area contributed by atoms with Gasteiger partial charge in [0, 0.05) is 26.4 Å². The molecule has 0 saturated heterocycles. The molecule has 0 aliphatic carbocycles. The number of rotatable bonds is 19. The molecule has 0 unspecified atom stereocenters. The van der Waals surface area contributed by atoms with E-state index < -0.39 is 0 Å². The monoisotopic (exact) mass is 456 g/mol. The number of guanidine groups is 1. The first-order valence-corrected chi connectivity index (χ1v) is 12.1. The first kappa shape index (κ1) is 30.1. The molecular formula is C27H44N4O2. The van der Waals surface area contributed by atoms with Crippen LogP contribution in [0.25, 0.3) is 0 Å². The fourth-order valence-electron chi connectivity index (χ4n) is 2.78. The third-order valence-corrected chi connectivity index (χ3v) is 4.71. The number of carbonyl (C=O) groups is 2. The molecule has 0 radical (unpaired) electrons. The second-order valence-electron chi connectivity index (χ2n) is 7.83. The molecular weight excluding hydrogens is 412 g/mol. The van der Waals surface area contributed by atoms with Gasteiger partial charge in [0.15, 0.2) is 11.7 Å². The molecule has 33 heavy (non-hydrogen) atoms. The Labute approximate surface area is 200 Å². The highest BCUT2D eigenvalue weighted by atomic mass is 16.1. The number of nitrogens with two attached hydrogens (primary N) is 1. The summed E-state index contributed by atoms with van der Waals surface area (Å²) in [5.41, 5.74) is 5.30. The smallest absolute Gasteiger partial charge is 0.220 e. The molecule has 0 saturated carbocycles. The molecule has 0 aromatic rings. The number of allylic oxidation sites excluding steroid dienone is 10. The summed E-state index contributed by atoms with van der Waals surface area (Å²) < 4.78 is 0. The molecule has 0 aromatic carbocycles. The van der Waals surface area contributed by atoms with Gasteiger partial charge in [-0.15, -0.1) is 0 Å². The Morgan fingerprint density at radius 2 is 1.33 bits per heavy atom. The van der Waals surface area contributed by atoms with E-state index in [9.17, 15) is 9.59 Å². The number of ketones is 1. The van der Waals surface area contributed by atoms with E-state index in [-0.39, 0.29) is 24.2 Å². The lowest BCUT2D eigenvalue weighted by Crippen LogP contribution is -2.37. The number of likely N-dealkylation sites (N-methyl/N-ethyl adjacent to an activating group) is 1. The summed E-state index contributed by atoms with van der Waals surface area (Å²) in [7, 11) is 1.61. The lowest BCUT2D eigenvalue weighted by molar-refractivity contribution is -0.122. The van der Waals surface area contributed by atoms with Gasteiger partial charge in [-0.2, -0.15) is 0 Å². The Morgan fingerprint density at radius 3 is 1.85 bits per heavy atom. The molecule has 6 heteroatoms. The molecule has 0 aromatic heterocycles. The van der Waals surface area contributed by atoms with Gasteiger partial charge in [0.2, 0.25) is 5.91 Å². The Morgan fingerprint density at radius 1 is 0.818 bits per heavy atom. The van der Waals surface area contributed by atoms with Crippen molar-refractivity contribution in [2.45, 2.75) is 71.1 Å². The Kier molecular flexibility index (Phi) is 20.4. The molecule has 0 bridgehead atoms. The summed E-state index contributed by atoms with van der Waals surface area (Å²) in [4.78, 5) is 24.9. The SMILES string of the molecule is CC/C=C\C/C=C\C/C=C\C/C=C\C/C=C\CCCC(=O)NCCCC(=O)CN(C)C(=N)N. The van der Waals surface area contributed by atoms with Crippen LogP contribution in [0.15, 0.2) is 60.8 Å². The van der Waals surface area contributed by atoms with Crippen LogP contribution in [0, 0.1) is 5.41 Å². The normalized spacial score (nSPS) is 12.1. The number of unbranched alkanes of at least 4 members (excludes halogenated alkanes) is 1. The zero-order valence-electron chi connectivity index (χ0n) is 20.6. The summed E-state index contributed by atoms with van der Waals surface area (Å²) in [5, 5.41) is 10.1. The van der Waals surface area contributed by atoms with Crippen molar-refractivity contribution in [3.63, 3.8) is 0 Å². The maximum absolute atomic E-state index is 11.8. The molecule has 0 heterocycles. The van der Waals surface area contributed by atoms with E-state index >= 15 is 0 Å². The Hall–Kier alpha value is -2.89. The lowest BCUT2D eigenvalue weighted by Gasteiger charge is -2.15. The summed E-state index contributed by atoms with van der Waals surface area (Å²) in [6, 6.07) is 0. The highest BCUT2D eigenvalue weighted by Crippen LogP contribution is 2.00. The second kappa shape index (κ2) is 22.3. The maximum Gasteiger partial charge on any atom is 0.220 e. The van der Waals surface area contributed by atoms with Gasteiger partial charge in [0.1, 0.15) is 0 Å². The fraction of sp³-hybridized carbons (Fsp3) is 0.519. The number of carbonyl (C=O) groups excluding carboxylic acids is 2. The topological polar surface area (TPSA) is 99.3 Å². The van der Waals surface area contributed by atoms with Crippen molar-refractivity contribution in [3.05, 3.63) is 60.8 Å². The van der Waals surface area contributed by atoms with Crippen LogP contribution in [0.3, 0.4) is 0 Å². The van der Waals surface area contributed by atoms with E-state index in [1.165, 1.54) is 4.90 Å². The summed E-state index contributed by atoms with van der Waals surface area (Å²) in [6.07, 6.45) is 29.9. The lowest BCUT2D eigenvalue weighted by atomic mass is 10.2. The number of hydrogen-bond donors (Lipinski definition) is 3. The van der Waals surface area contributed by atoms with Crippen LogP contribution in [0.5, 0.6) is 0 Å². The molecule has 0 spiro atoms. The molecule has 6 nitrogen and oxygen atoms in total. The van der Waals surface area contributed by atoms with Gasteiger partial charge < -0.3 is 16.0 Å². The maximum atomic E-state index is 11.8. The number of nitrogens with one attached hydrogen (secondary N) is 2. The first-order valence-electron chi connectivity index (χ1n) is 12.1. The molecule has 0 fully saturated rings. The standard InChI is InChI=1S/C27H44N4O2/c1-3-4-5-6-7-8-9-10-11-12-13-14-15-16-17-18-19-22-26(33)30-23-20-21-25(32)24-31(2)27(28)29/h4-5,7-8,10-11,13-14,16-17H,3,6,9,12,15,18-24H2,1-2H3,(H3,28,29)(H,30,33)/b5-4-,8-7-,11-10-,14-13-,17-16-. The van der Waals surface area contributed by atoms with E-state index in [4.69, 9.17) is 11.1 Å². The van der Waals surface area contributed by atoms with Gasteiger partial charge in [0.25, 0.3) is 0 Å². The van der Waals surface area contributed by atoms with Crippen LogP contribution in [0.2, 0.25) is 0 Å². The van der Waals surface area contributed by atoms with Crippen LogP contribution in [0.4, 0.5) is 0 Å². The zero-order chi connectivity index (χ0) is 24.6. The van der Waals surface area contributed by atoms with Crippen molar-refractivity contribution in [3.8, 4) is 0 Å². The van der Waals surface area contributed by atoms with Crippen LogP contribution in [0.1, 0.15) is 71.1 Å². The molecule has 4 N–H and O–H groups in total.